The van der Waals surface area contributed by atoms with Crippen LogP contribution in [0.5, 0.6) is 0 Å². The molecular formula is C24H27BrN4O2S. The van der Waals surface area contributed by atoms with Crippen LogP contribution in [0.1, 0.15) is 31.2 Å². The number of rotatable bonds is 7. The Labute approximate surface area is 202 Å². The second-order valence-corrected chi connectivity index (χ2v) is 9.66. The summed E-state index contributed by atoms with van der Waals surface area (Å²) in [5, 5.41) is 3.44. The van der Waals surface area contributed by atoms with E-state index in [-0.39, 0.29) is 23.0 Å². The summed E-state index contributed by atoms with van der Waals surface area (Å²) < 4.78 is 0.858. The van der Waals surface area contributed by atoms with E-state index in [0.29, 0.717) is 25.1 Å². The van der Waals surface area contributed by atoms with Crippen LogP contribution in [0.3, 0.4) is 0 Å². The summed E-state index contributed by atoms with van der Waals surface area (Å²) in [6.45, 7) is 3.33. The molecule has 1 fully saturated rings. The van der Waals surface area contributed by atoms with Gasteiger partial charge in [-0.3, -0.25) is 19.4 Å². The van der Waals surface area contributed by atoms with Gasteiger partial charge in [0.1, 0.15) is 5.92 Å². The van der Waals surface area contributed by atoms with Crippen LogP contribution in [0, 0.1) is 5.92 Å². The number of nitrogens with zero attached hydrogens (tertiary/aromatic N) is 3. The lowest BCUT2D eigenvalue weighted by Gasteiger charge is -2.32. The number of hydrogen-bond donors (Lipinski definition) is 1. The summed E-state index contributed by atoms with van der Waals surface area (Å²) >= 11 is 8.73. The average Bonchev–Trinajstić information content (AvgIpc) is 2.79. The van der Waals surface area contributed by atoms with Gasteiger partial charge in [0.05, 0.1) is 5.71 Å². The minimum Gasteiger partial charge on any atom is -0.353 e. The summed E-state index contributed by atoms with van der Waals surface area (Å²) in [7, 11) is 0. The number of piperidine rings is 1. The van der Waals surface area contributed by atoms with E-state index in [2.05, 4.69) is 55.4 Å². The van der Waals surface area contributed by atoms with Crippen LogP contribution in [0.15, 0.2) is 58.0 Å². The maximum atomic E-state index is 12.8. The molecule has 0 radical (unpaired) electrons. The molecule has 1 aromatic carbocycles. The minimum absolute atomic E-state index is 0.0364. The SMILES string of the molecule is O=C(CCCN1C(=O)C2C=C(Br)C=CC2=NC1=S)NC1CCN(Cc2ccccc2)CC1. The molecule has 0 spiro atoms. The van der Waals surface area contributed by atoms with E-state index >= 15 is 0 Å². The fourth-order valence-corrected chi connectivity index (χ4v) is 4.97. The van der Waals surface area contributed by atoms with Gasteiger partial charge in [-0.05, 0) is 49.2 Å². The predicted octanol–water partition coefficient (Wildman–Crippen LogP) is 3.58. The second kappa shape index (κ2) is 10.6. The molecule has 6 nitrogen and oxygen atoms in total. The first kappa shape index (κ1) is 23.0. The summed E-state index contributed by atoms with van der Waals surface area (Å²) in [5.74, 6) is -0.446. The zero-order valence-corrected chi connectivity index (χ0v) is 20.3. The predicted molar refractivity (Wildman–Crippen MR) is 134 cm³/mol. The average molecular weight is 515 g/mol. The second-order valence-electron chi connectivity index (χ2n) is 8.38. The molecule has 2 aliphatic heterocycles. The first-order valence-corrected chi connectivity index (χ1v) is 12.2. The van der Waals surface area contributed by atoms with E-state index in [9.17, 15) is 9.59 Å². The fourth-order valence-electron chi connectivity index (χ4n) is 4.29. The van der Waals surface area contributed by atoms with Crippen molar-refractivity contribution in [3.05, 3.63) is 58.6 Å². The van der Waals surface area contributed by atoms with Crippen LogP contribution in [0.25, 0.3) is 0 Å². The molecule has 2 heterocycles. The highest BCUT2D eigenvalue weighted by Crippen LogP contribution is 2.25. The molecule has 3 aliphatic rings. The van der Waals surface area contributed by atoms with E-state index in [0.717, 1.165) is 37.0 Å². The molecular weight excluding hydrogens is 488 g/mol. The first-order chi connectivity index (χ1) is 15.5. The van der Waals surface area contributed by atoms with Crippen LogP contribution in [0.2, 0.25) is 0 Å². The zero-order valence-electron chi connectivity index (χ0n) is 17.9. The van der Waals surface area contributed by atoms with Crippen molar-refractivity contribution < 1.29 is 9.59 Å². The molecule has 0 aromatic heterocycles. The Bertz CT molecular complexity index is 967. The van der Waals surface area contributed by atoms with Crippen LogP contribution in [-0.2, 0) is 16.1 Å². The minimum atomic E-state index is -0.407. The van der Waals surface area contributed by atoms with Crippen molar-refractivity contribution in [2.45, 2.75) is 38.3 Å². The number of carbonyl (C=O) groups excluding carboxylic acids is 2. The van der Waals surface area contributed by atoms with Gasteiger partial charge in [-0.25, -0.2) is 4.99 Å². The Morgan fingerprint density at radius 3 is 2.69 bits per heavy atom. The Morgan fingerprint density at radius 1 is 1.19 bits per heavy atom. The van der Waals surface area contributed by atoms with Crippen molar-refractivity contribution in [2.24, 2.45) is 10.9 Å². The van der Waals surface area contributed by atoms with Gasteiger partial charge in [-0.2, -0.15) is 0 Å². The number of fused-ring (bicyclic) bond motifs is 1. The Kier molecular flexibility index (Phi) is 7.65. The molecule has 0 bridgehead atoms. The highest BCUT2D eigenvalue weighted by atomic mass is 79.9. The number of thiocarbonyl (C=S) groups is 1. The number of amides is 2. The maximum Gasteiger partial charge on any atom is 0.241 e. The quantitative estimate of drug-likeness (QED) is 0.564. The molecule has 1 aromatic rings. The van der Waals surface area contributed by atoms with Crippen molar-refractivity contribution in [3.63, 3.8) is 0 Å². The number of halogens is 1. The van der Waals surface area contributed by atoms with Gasteiger partial charge in [-0.1, -0.05) is 52.3 Å². The number of likely N-dealkylation sites (tertiary alicyclic amines) is 1. The molecule has 1 saturated heterocycles. The van der Waals surface area contributed by atoms with E-state index in [4.69, 9.17) is 12.2 Å². The van der Waals surface area contributed by atoms with Gasteiger partial charge in [0, 0.05) is 43.1 Å². The highest BCUT2D eigenvalue weighted by Gasteiger charge is 2.34. The number of allylic oxidation sites excluding steroid dienone is 3. The van der Waals surface area contributed by atoms with Crippen molar-refractivity contribution in [2.75, 3.05) is 19.6 Å². The third-order valence-corrected chi connectivity index (χ3v) is 6.87. The van der Waals surface area contributed by atoms with Gasteiger partial charge in [-0.15, -0.1) is 0 Å². The summed E-state index contributed by atoms with van der Waals surface area (Å²) in [5.41, 5.74) is 2.00. The number of benzene rings is 1. The molecule has 1 atom stereocenters. The maximum absolute atomic E-state index is 12.8. The standard InChI is InChI=1S/C24H27BrN4O2S/c25-18-8-9-21-20(15-18)23(31)29(24(32)27-21)12-4-7-22(30)26-19-10-13-28(14-11-19)16-17-5-2-1-3-6-17/h1-3,5-6,8-9,15,19-20H,4,7,10-14,16H2,(H,26,30). The molecule has 1 N–H and O–H groups in total. The van der Waals surface area contributed by atoms with Crippen molar-refractivity contribution in [1.82, 2.24) is 15.1 Å². The lowest BCUT2D eigenvalue weighted by Crippen LogP contribution is -2.47. The number of aliphatic imine (C=N–C) groups is 1. The van der Waals surface area contributed by atoms with Gasteiger partial charge < -0.3 is 5.32 Å². The van der Waals surface area contributed by atoms with Crippen LogP contribution in [0.4, 0.5) is 0 Å². The first-order valence-electron chi connectivity index (χ1n) is 11.0. The van der Waals surface area contributed by atoms with Crippen LogP contribution >= 0.6 is 28.1 Å². The van der Waals surface area contributed by atoms with E-state index in [1.165, 1.54) is 10.5 Å². The molecule has 32 heavy (non-hydrogen) atoms. The molecule has 2 amide bonds. The van der Waals surface area contributed by atoms with E-state index in [1.54, 1.807) is 0 Å². The largest absolute Gasteiger partial charge is 0.353 e. The molecule has 1 aliphatic carbocycles. The van der Waals surface area contributed by atoms with Gasteiger partial charge >= 0.3 is 0 Å². The van der Waals surface area contributed by atoms with Gasteiger partial charge in [0.2, 0.25) is 16.9 Å². The lowest BCUT2D eigenvalue weighted by atomic mass is 9.95. The molecule has 168 valence electrons. The molecule has 8 heteroatoms. The van der Waals surface area contributed by atoms with E-state index < -0.39 is 5.92 Å². The topological polar surface area (TPSA) is 65.0 Å². The lowest BCUT2D eigenvalue weighted by molar-refractivity contribution is -0.129. The smallest absolute Gasteiger partial charge is 0.241 e. The summed E-state index contributed by atoms with van der Waals surface area (Å²) in [6.07, 6.45) is 8.36. The monoisotopic (exact) mass is 514 g/mol. The van der Waals surface area contributed by atoms with Crippen molar-refractivity contribution in [3.8, 4) is 0 Å². The third kappa shape index (κ3) is 5.79. The van der Waals surface area contributed by atoms with Gasteiger partial charge in [0.15, 0.2) is 0 Å². The Morgan fingerprint density at radius 2 is 1.94 bits per heavy atom. The Hall–Kier alpha value is -2.16. The van der Waals surface area contributed by atoms with Gasteiger partial charge in [0.25, 0.3) is 0 Å². The number of hydrogen-bond acceptors (Lipinski definition) is 4. The molecule has 4 rings (SSSR count). The summed E-state index contributed by atoms with van der Waals surface area (Å²) in [4.78, 5) is 33.6. The van der Waals surface area contributed by atoms with Crippen molar-refractivity contribution in [1.29, 1.82) is 0 Å². The zero-order chi connectivity index (χ0) is 22.5. The van der Waals surface area contributed by atoms with Crippen molar-refractivity contribution >= 4 is 50.8 Å². The molecule has 1 unspecified atom stereocenters. The van der Waals surface area contributed by atoms with Crippen LogP contribution in [-0.4, -0.2) is 58.1 Å². The normalized spacial score (nSPS) is 21.8. The third-order valence-electron chi connectivity index (χ3n) is 6.03. The number of nitrogens with one attached hydrogen (secondary N) is 1. The van der Waals surface area contributed by atoms with E-state index in [1.807, 2.05) is 24.3 Å². The summed E-state index contributed by atoms with van der Waals surface area (Å²) in [6, 6.07) is 10.7. The highest BCUT2D eigenvalue weighted by molar-refractivity contribution is 9.11. The number of carbonyl (C=O) groups is 2. The molecule has 0 saturated carbocycles. The van der Waals surface area contributed by atoms with Crippen LogP contribution < -0.4 is 5.32 Å². The fraction of sp³-hybridized carbons (Fsp3) is 0.417. The Balaban J connectivity index is 1.18.